The van der Waals surface area contributed by atoms with Crippen molar-refractivity contribution in [3.8, 4) is 17.6 Å². The first-order chi connectivity index (χ1) is 16.9. The number of nitriles is 1. The standard InChI is InChI=1S/C25H26Cl2N4O4S/c1-25(2,18-10-16(13-28)24(20(27)11-18)34-9-7-26)17-4-5-22(21(29)12-17)35-14-19-6-8-30-23(31-19)15-36(3,32)33/h4-6,8,10-12H,7,9,14-15,29H2,1-3H3. The van der Waals surface area contributed by atoms with E-state index < -0.39 is 15.3 Å². The molecule has 2 aromatic carbocycles. The van der Waals surface area contributed by atoms with E-state index in [2.05, 4.69) is 16.0 Å². The minimum absolute atomic E-state index is 0.0944. The number of aromatic nitrogens is 2. The van der Waals surface area contributed by atoms with Gasteiger partial charge in [-0.3, -0.25) is 0 Å². The predicted octanol–water partition coefficient (Wildman–Crippen LogP) is 4.65. The number of ether oxygens (including phenoxy) is 2. The number of nitrogen functional groups attached to an aromatic ring is 1. The number of rotatable bonds is 10. The lowest BCUT2D eigenvalue weighted by atomic mass is 9.77. The molecular weight excluding hydrogens is 523 g/mol. The number of nitrogens with zero attached hydrogens (tertiary/aromatic N) is 3. The molecule has 0 saturated heterocycles. The predicted molar refractivity (Wildman–Crippen MR) is 140 cm³/mol. The summed E-state index contributed by atoms with van der Waals surface area (Å²) in [6, 6.07) is 12.8. The van der Waals surface area contributed by atoms with E-state index >= 15 is 0 Å². The van der Waals surface area contributed by atoms with Gasteiger partial charge in [0.1, 0.15) is 36.6 Å². The van der Waals surface area contributed by atoms with Crippen LogP contribution in [0.1, 0.15) is 42.1 Å². The second-order valence-corrected chi connectivity index (χ2v) is 11.6. The molecule has 2 N–H and O–H groups in total. The molecule has 11 heteroatoms. The average molecular weight is 549 g/mol. The zero-order valence-corrected chi connectivity index (χ0v) is 22.4. The fraction of sp³-hybridized carbons (Fsp3) is 0.320. The van der Waals surface area contributed by atoms with Gasteiger partial charge in [0.25, 0.3) is 0 Å². The van der Waals surface area contributed by atoms with Crippen molar-refractivity contribution in [3.05, 3.63) is 75.8 Å². The molecule has 0 spiro atoms. The van der Waals surface area contributed by atoms with E-state index in [1.54, 1.807) is 24.3 Å². The second-order valence-electron chi connectivity index (χ2n) is 8.68. The molecule has 0 atom stereocenters. The Kier molecular flexibility index (Phi) is 8.67. The van der Waals surface area contributed by atoms with Gasteiger partial charge in [-0.25, -0.2) is 18.4 Å². The molecule has 1 heterocycles. The normalized spacial score (nSPS) is 11.7. The van der Waals surface area contributed by atoms with Crippen LogP contribution >= 0.6 is 23.2 Å². The molecular formula is C25H26Cl2N4O4S. The summed E-state index contributed by atoms with van der Waals surface area (Å²) < 4.78 is 34.4. The molecule has 3 aromatic rings. The lowest BCUT2D eigenvalue weighted by Crippen LogP contribution is -2.20. The van der Waals surface area contributed by atoms with Crippen molar-refractivity contribution < 1.29 is 17.9 Å². The number of alkyl halides is 1. The first-order valence-electron chi connectivity index (χ1n) is 10.9. The maximum absolute atomic E-state index is 11.5. The summed E-state index contributed by atoms with van der Waals surface area (Å²) in [5, 5.41) is 9.94. The van der Waals surface area contributed by atoms with Crippen LogP contribution < -0.4 is 15.2 Å². The monoisotopic (exact) mass is 548 g/mol. The van der Waals surface area contributed by atoms with Gasteiger partial charge in [0.05, 0.1) is 27.8 Å². The average Bonchev–Trinajstić information content (AvgIpc) is 2.81. The molecule has 0 amide bonds. The van der Waals surface area contributed by atoms with Crippen molar-refractivity contribution in [2.24, 2.45) is 0 Å². The van der Waals surface area contributed by atoms with E-state index in [1.165, 1.54) is 6.20 Å². The number of benzene rings is 2. The van der Waals surface area contributed by atoms with Crippen molar-refractivity contribution in [1.29, 1.82) is 5.26 Å². The topological polar surface area (TPSA) is 128 Å². The maximum Gasteiger partial charge on any atom is 0.155 e. The number of sulfone groups is 1. The van der Waals surface area contributed by atoms with Crippen LogP contribution in [0, 0.1) is 11.3 Å². The highest BCUT2D eigenvalue weighted by Gasteiger charge is 2.27. The molecule has 0 saturated carbocycles. The van der Waals surface area contributed by atoms with Crippen LogP contribution in [-0.4, -0.2) is 37.1 Å². The summed E-state index contributed by atoms with van der Waals surface area (Å²) in [6.45, 7) is 4.33. The Labute approximate surface area is 220 Å². The van der Waals surface area contributed by atoms with Gasteiger partial charge in [-0.2, -0.15) is 5.26 Å². The molecule has 8 nitrogen and oxygen atoms in total. The van der Waals surface area contributed by atoms with Crippen LogP contribution in [0.5, 0.6) is 11.5 Å². The summed E-state index contributed by atoms with van der Waals surface area (Å²) in [7, 11) is -3.25. The maximum atomic E-state index is 11.5. The van der Waals surface area contributed by atoms with Crippen LogP contribution in [0.3, 0.4) is 0 Å². The van der Waals surface area contributed by atoms with Gasteiger partial charge in [0.2, 0.25) is 0 Å². The van der Waals surface area contributed by atoms with E-state index in [1.807, 2.05) is 26.0 Å². The SMILES string of the molecule is CC(C)(c1ccc(OCc2ccnc(CS(C)(=O)=O)n2)c(N)c1)c1cc(Cl)c(OCCCl)c(C#N)c1. The highest BCUT2D eigenvalue weighted by atomic mass is 35.5. The lowest BCUT2D eigenvalue weighted by Gasteiger charge is -2.28. The molecule has 3 rings (SSSR count). The van der Waals surface area contributed by atoms with Crippen LogP contribution in [0.2, 0.25) is 5.02 Å². The quantitative estimate of drug-likeness (QED) is 0.286. The Bertz CT molecular complexity index is 1410. The van der Waals surface area contributed by atoms with E-state index in [0.29, 0.717) is 33.5 Å². The molecule has 36 heavy (non-hydrogen) atoms. The zero-order valence-electron chi connectivity index (χ0n) is 20.1. The molecule has 0 aliphatic carbocycles. The highest BCUT2D eigenvalue weighted by Crippen LogP contribution is 2.39. The summed E-state index contributed by atoms with van der Waals surface area (Å²) >= 11 is 12.1. The minimum atomic E-state index is -3.25. The van der Waals surface area contributed by atoms with Crippen molar-refractivity contribution in [2.75, 3.05) is 24.5 Å². The van der Waals surface area contributed by atoms with Crippen LogP contribution in [0.15, 0.2) is 42.6 Å². The molecule has 0 aliphatic rings. The molecule has 190 valence electrons. The minimum Gasteiger partial charge on any atom is -0.489 e. The Hall–Kier alpha value is -3.06. The lowest BCUT2D eigenvalue weighted by molar-refractivity contribution is 0.302. The Balaban J connectivity index is 1.81. The number of hydrogen-bond donors (Lipinski definition) is 1. The van der Waals surface area contributed by atoms with Crippen molar-refractivity contribution >= 4 is 38.7 Å². The van der Waals surface area contributed by atoms with Gasteiger partial charge in [-0.05, 0) is 41.5 Å². The van der Waals surface area contributed by atoms with Crippen LogP contribution in [-0.2, 0) is 27.6 Å². The van der Waals surface area contributed by atoms with Crippen LogP contribution in [0.4, 0.5) is 5.69 Å². The summed E-state index contributed by atoms with van der Waals surface area (Å²) in [5.74, 6) is 1.01. The molecule has 0 fully saturated rings. The van der Waals surface area contributed by atoms with Gasteiger partial charge in [-0.1, -0.05) is 31.5 Å². The largest absolute Gasteiger partial charge is 0.489 e. The van der Waals surface area contributed by atoms with E-state index in [0.717, 1.165) is 17.4 Å². The van der Waals surface area contributed by atoms with E-state index in [9.17, 15) is 13.7 Å². The van der Waals surface area contributed by atoms with Gasteiger partial charge >= 0.3 is 0 Å². The highest BCUT2D eigenvalue weighted by molar-refractivity contribution is 7.89. The summed E-state index contributed by atoms with van der Waals surface area (Å²) in [5.41, 5.74) is 8.72. The first-order valence-corrected chi connectivity index (χ1v) is 13.9. The number of nitrogens with two attached hydrogens (primary N) is 1. The van der Waals surface area contributed by atoms with E-state index in [4.69, 9.17) is 38.4 Å². The molecule has 0 aliphatic heterocycles. The third-order valence-electron chi connectivity index (χ3n) is 5.47. The Morgan fingerprint density at radius 3 is 2.53 bits per heavy atom. The van der Waals surface area contributed by atoms with Gasteiger partial charge < -0.3 is 15.2 Å². The molecule has 0 radical (unpaired) electrons. The van der Waals surface area contributed by atoms with Gasteiger partial charge in [-0.15, -0.1) is 11.6 Å². The second kappa shape index (κ2) is 11.3. The fourth-order valence-corrected chi connectivity index (χ4v) is 4.50. The smallest absolute Gasteiger partial charge is 0.155 e. The number of anilines is 1. The number of halogens is 2. The van der Waals surface area contributed by atoms with Crippen molar-refractivity contribution in [2.45, 2.75) is 31.6 Å². The van der Waals surface area contributed by atoms with Gasteiger partial charge in [0.15, 0.2) is 15.6 Å². The van der Waals surface area contributed by atoms with Crippen LogP contribution in [0.25, 0.3) is 0 Å². The fourth-order valence-electron chi connectivity index (χ4n) is 3.54. The van der Waals surface area contributed by atoms with E-state index in [-0.39, 0.29) is 30.7 Å². The molecule has 0 unspecified atom stereocenters. The Morgan fingerprint density at radius 1 is 1.14 bits per heavy atom. The number of hydrogen-bond acceptors (Lipinski definition) is 8. The van der Waals surface area contributed by atoms with Crippen molar-refractivity contribution in [3.63, 3.8) is 0 Å². The third kappa shape index (κ3) is 6.78. The Morgan fingerprint density at radius 2 is 1.89 bits per heavy atom. The molecule has 0 bridgehead atoms. The third-order valence-corrected chi connectivity index (χ3v) is 6.69. The zero-order chi connectivity index (χ0) is 26.5. The van der Waals surface area contributed by atoms with Crippen molar-refractivity contribution in [1.82, 2.24) is 9.97 Å². The summed E-state index contributed by atoms with van der Waals surface area (Å²) in [4.78, 5) is 8.23. The van der Waals surface area contributed by atoms with Gasteiger partial charge in [0, 0.05) is 17.9 Å². The summed E-state index contributed by atoms with van der Waals surface area (Å²) in [6.07, 6.45) is 2.62. The molecule has 1 aromatic heterocycles. The first kappa shape index (κ1) is 27.5.